The van der Waals surface area contributed by atoms with Crippen molar-refractivity contribution in [3.05, 3.63) is 0 Å². The van der Waals surface area contributed by atoms with Crippen LogP contribution in [0.25, 0.3) is 0 Å². The maximum absolute atomic E-state index is 11.4. The Morgan fingerprint density at radius 1 is 1.07 bits per heavy atom. The maximum atomic E-state index is 11.4. The van der Waals surface area contributed by atoms with Crippen molar-refractivity contribution in [3.63, 3.8) is 0 Å². The second-order valence-electron chi connectivity index (χ2n) is 10.9. The predicted molar refractivity (Wildman–Crippen MR) is 109 cm³/mol. The van der Waals surface area contributed by atoms with Gasteiger partial charge in [0.05, 0.1) is 0 Å². The van der Waals surface area contributed by atoms with Crippen molar-refractivity contribution >= 4 is 12.4 Å². The zero-order chi connectivity index (χ0) is 19.9. The molecule has 1 amide bonds. The molecule has 0 saturated heterocycles. The first kappa shape index (κ1) is 20.2. The molecule has 4 fully saturated rings. The number of ether oxygens (including phenoxy) is 1. The van der Waals surface area contributed by atoms with Crippen molar-refractivity contribution < 1.29 is 14.3 Å². The lowest BCUT2D eigenvalue weighted by Gasteiger charge is -2.62. The van der Waals surface area contributed by atoms with Gasteiger partial charge < -0.3 is 10.5 Å². The van der Waals surface area contributed by atoms with Gasteiger partial charge in [0, 0.05) is 12.3 Å². The monoisotopic (exact) mass is 389 g/mol. The van der Waals surface area contributed by atoms with E-state index < -0.39 is 0 Å². The van der Waals surface area contributed by atoms with Gasteiger partial charge in [-0.25, -0.2) is 0 Å². The van der Waals surface area contributed by atoms with Gasteiger partial charge in [0.2, 0.25) is 5.91 Å². The molecular formula is C24H39NO3. The molecule has 4 aliphatic carbocycles. The lowest BCUT2D eigenvalue weighted by Crippen LogP contribution is -2.58. The van der Waals surface area contributed by atoms with Gasteiger partial charge in [-0.1, -0.05) is 26.7 Å². The van der Waals surface area contributed by atoms with Crippen LogP contribution in [0, 0.1) is 40.4 Å². The van der Waals surface area contributed by atoms with Gasteiger partial charge in [-0.3, -0.25) is 9.59 Å². The van der Waals surface area contributed by atoms with Crippen LogP contribution in [-0.4, -0.2) is 18.5 Å². The average molecular weight is 390 g/mol. The van der Waals surface area contributed by atoms with Crippen molar-refractivity contribution in [2.45, 2.75) is 97.0 Å². The zero-order valence-corrected chi connectivity index (χ0v) is 17.8. The van der Waals surface area contributed by atoms with Crippen molar-refractivity contribution in [1.29, 1.82) is 0 Å². The lowest BCUT2D eigenvalue weighted by molar-refractivity contribution is -0.180. The van der Waals surface area contributed by atoms with E-state index in [1.54, 1.807) is 0 Å². The molecule has 4 rings (SSSR count). The fourth-order valence-corrected chi connectivity index (χ4v) is 8.55. The maximum Gasteiger partial charge on any atom is 0.293 e. The third-order valence-corrected chi connectivity index (χ3v) is 9.98. The van der Waals surface area contributed by atoms with Crippen LogP contribution >= 0.6 is 0 Å². The molecule has 0 heterocycles. The summed E-state index contributed by atoms with van der Waals surface area (Å²) in [6.45, 7) is 5.79. The quantitative estimate of drug-likeness (QED) is 0.661. The Labute approximate surface area is 170 Å². The molecule has 0 aromatic rings. The molecule has 2 N–H and O–H groups in total. The molecule has 8 unspecified atom stereocenters. The highest BCUT2D eigenvalue weighted by Crippen LogP contribution is 2.68. The molecule has 8 atom stereocenters. The van der Waals surface area contributed by atoms with E-state index in [9.17, 15) is 9.59 Å². The second kappa shape index (κ2) is 7.65. The molecule has 0 spiro atoms. The second-order valence-corrected chi connectivity index (χ2v) is 10.9. The highest BCUT2D eigenvalue weighted by Gasteiger charge is 2.62. The SMILES string of the molecule is CC12CCC3C(C(OC=O)CC4CCCCC43C)C1CCC2CCCC(N)=O. The van der Waals surface area contributed by atoms with Crippen LogP contribution in [0.5, 0.6) is 0 Å². The Kier molecular flexibility index (Phi) is 5.52. The summed E-state index contributed by atoms with van der Waals surface area (Å²) in [6.07, 6.45) is 14.2. The number of carbonyl (C=O) groups is 2. The number of hydrogen-bond donors (Lipinski definition) is 1. The van der Waals surface area contributed by atoms with E-state index in [0.717, 1.165) is 31.7 Å². The number of fused-ring (bicyclic) bond motifs is 5. The highest BCUT2D eigenvalue weighted by molar-refractivity contribution is 5.73. The third-order valence-electron chi connectivity index (χ3n) is 9.98. The van der Waals surface area contributed by atoms with E-state index in [1.165, 1.54) is 51.4 Å². The number of nitrogens with two attached hydrogens (primary N) is 1. The van der Waals surface area contributed by atoms with Gasteiger partial charge >= 0.3 is 0 Å². The summed E-state index contributed by atoms with van der Waals surface area (Å²) < 4.78 is 5.81. The first-order chi connectivity index (χ1) is 13.4. The summed E-state index contributed by atoms with van der Waals surface area (Å²) >= 11 is 0. The molecule has 0 radical (unpaired) electrons. The Balaban J connectivity index is 1.57. The van der Waals surface area contributed by atoms with Crippen LogP contribution in [0.1, 0.15) is 90.9 Å². The zero-order valence-electron chi connectivity index (χ0n) is 17.8. The van der Waals surface area contributed by atoms with Crippen LogP contribution in [0.4, 0.5) is 0 Å². The number of hydrogen-bond acceptors (Lipinski definition) is 3. The molecule has 0 bridgehead atoms. The van der Waals surface area contributed by atoms with Crippen LogP contribution in [0.15, 0.2) is 0 Å². The average Bonchev–Trinajstić information content (AvgIpc) is 2.98. The first-order valence-corrected chi connectivity index (χ1v) is 11.8. The van der Waals surface area contributed by atoms with Crippen molar-refractivity contribution in [1.82, 2.24) is 0 Å². The Morgan fingerprint density at radius 2 is 1.86 bits per heavy atom. The summed E-state index contributed by atoms with van der Waals surface area (Å²) in [5.41, 5.74) is 6.15. The van der Waals surface area contributed by atoms with Crippen LogP contribution in [0.2, 0.25) is 0 Å². The Hall–Kier alpha value is -1.06. The van der Waals surface area contributed by atoms with Crippen LogP contribution in [-0.2, 0) is 14.3 Å². The summed E-state index contributed by atoms with van der Waals surface area (Å²) in [6, 6.07) is 0. The lowest BCUT2D eigenvalue weighted by atomic mass is 9.44. The van der Waals surface area contributed by atoms with Crippen LogP contribution in [0.3, 0.4) is 0 Å². The minimum atomic E-state index is -0.175. The van der Waals surface area contributed by atoms with E-state index in [-0.39, 0.29) is 12.0 Å². The summed E-state index contributed by atoms with van der Waals surface area (Å²) in [4.78, 5) is 22.5. The van der Waals surface area contributed by atoms with Gasteiger partial charge in [-0.2, -0.15) is 0 Å². The molecule has 4 nitrogen and oxygen atoms in total. The molecule has 28 heavy (non-hydrogen) atoms. The van der Waals surface area contributed by atoms with Gasteiger partial charge in [-0.15, -0.1) is 0 Å². The Morgan fingerprint density at radius 3 is 2.61 bits per heavy atom. The molecule has 0 aromatic carbocycles. The first-order valence-electron chi connectivity index (χ1n) is 11.8. The van der Waals surface area contributed by atoms with E-state index in [4.69, 9.17) is 10.5 Å². The highest BCUT2D eigenvalue weighted by atomic mass is 16.5. The van der Waals surface area contributed by atoms with Crippen LogP contribution < -0.4 is 5.73 Å². The minimum Gasteiger partial charge on any atom is -0.464 e. The summed E-state index contributed by atoms with van der Waals surface area (Å²) in [7, 11) is 0. The van der Waals surface area contributed by atoms with Crippen molar-refractivity contribution in [3.8, 4) is 0 Å². The smallest absolute Gasteiger partial charge is 0.293 e. The van der Waals surface area contributed by atoms with Gasteiger partial charge in [-0.05, 0) is 92.3 Å². The number of rotatable bonds is 6. The van der Waals surface area contributed by atoms with Gasteiger partial charge in [0.15, 0.2) is 0 Å². The topological polar surface area (TPSA) is 69.4 Å². The molecule has 0 aliphatic heterocycles. The third kappa shape index (κ3) is 3.19. The number of amides is 1. The predicted octanol–water partition coefficient (Wildman–Crippen LogP) is 4.84. The van der Waals surface area contributed by atoms with E-state index in [1.807, 2.05) is 0 Å². The summed E-state index contributed by atoms with van der Waals surface area (Å²) in [5, 5.41) is 0. The van der Waals surface area contributed by atoms with Crippen molar-refractivity contribution in [2.75, 3.05) is 0 Å². The molecule has 158 valence electrons. The molecule has 4 heteroatoms. The molecule has 0 aromatic heterocycles. The van der Waals surface area contributed by atoms with E-state index in [2.05, 4.69) is 13.8 Å². The van der Waals surface area contributed by atoms with E-state index >= 15 is 0 Å². The largest absolute Gasteiger partial charge is 0.464 e. The normalized spacial score (nSPS) is 47.5. The fourth-order valence-electron chi connectivity index (χ4n) is 8.55. The van der Waals surface area contributed by atoms with Gasteiger partial charge in [0.1, 0.15) is 6.10 Å². The standard InChI is InChI=1S/C24H39NO3/c1-23-12-4-3-6-17(23)14-20(28-15-26)22-18-10-9-16(7-5-8-21(25)27)24(18,2)13-11-19(22)23/h15-20,22H,3-14H2,1-2H3,(H2,25,27). The number of carbonyl (C=O) groups excluding carboxylic acids is 2. The van der Waals surface area contributed by atoms with E-state index in [0.29, 0.717) is 40.9 Å². The molecule has 4 saturated carbocycles. The minimum absolute atomic E-state index is 0.118. The summed E-state index contributed by atoms with van der Waals surface area (Å²) in [5.74, 6) is 3.14. The fraction of sp³-hybridized carbons (Fsp3) is 0.917. The Bertz CT molecular complexity index is 607. The number of primary amides is 1. The van der Waals surface area contributed by atoms with Gasteiger partial charge in [0.25, 0.3) is 6.47 Å². The molecule has 4 aliphatic rings. The molecular weight excluding hydrogens is 350 g/mol. The van der Waals surface area contributed by atoms with Crippen molar-refractivity contribution in [2.24, 2.45) is 46.2 Å².